The molecule has 1 aromatic carbocycles. The summed E-state index contributed by atoms with van der Waals surface area (Å²) in [6.07, 6.45) is 0.902. The Morgan fingerprint density at radius 3 is 2.95 bits per heavy atom. The fraction of sp³-hybridized carbons (Fsp3) is 0.385. The highest BCUT2D eigenvalue weighted by Crippen LogP contribution is 2.38. The molecule has 1 aromatic heterocycles. The molecule has 0 saturated carbocycles. The van der Waals surface area contributed by atoms with Crippen LogP contribution in [0.25, 0.3) is 0 Å². The molecule has 2 aromatic rings. The molecule has 2 heterocycles. The summed E-state index contributed by atoms with van der Waals surface area (Å²) in [6, 6.07) is 4.04. The van der Waals surface area contributed by atoms with E-state index in [1.54, 1.807) is 11.3 Å². The Hall–Kier alpha value is -1.34. The van der Waals surface area contributed by atoms with Gasteiger partial charge in [-0.25, -0.2) is 0 Å². The first-order valence-corrected chi connectivity index (χ1v) is 7.95. The lowest BCUT2D eigenvalue weighted by Gasteiger charge is -2.12. The smallest absolute Gasteiger partial charge is 0.205 e. The number of aromatic nitrogens is 2. The zero-order chi connectivity index (χ0) is 13.9. The van der Waals surface area contributed by atoms with E-state index in [0.717, 1.165) is 38.1 Å². The molecule has 0 radical (unpaired) electrons. The Morgan fingerprint density at radius 1 is 1.30 bits per heavy atom. The van der Waals surface area contributed by atoms with Crippen LogP contribution in [-0.4, -0.2) is 23.4 Å². The van der Waals surface area contributed by atoms with Crippen LogP contribution in [-0.2, 0) is 6.54 Å². The van der Waals surface area contributed by atoms with Crippen LogP contribution in [0.3, 0.4) is 0 Å². The maximum absolute atomic E-state index is 5.72. The SMILES string of the molecule is Cc1nnc(NCc2cc(Br)c3c(c2)OCCCO3)s1. The number of benzene rings is 1. The van der Waals surface area contributed by atoms with Crippen molar-refractivity contribution in [2.24, 2.45) is 0 Å². The average molecular weight is 356 g/mol. The van der Waals surface area contributed by atoms with Crippen LogP contribution in [0, 0.1) is 6.92 Å². The minimum atomic E-state index is 0.671. The topological polar surface area (TPSA) is 56.3 Å². The number of hydrogen-bond acceptors (Lipinski definition) is 6. The number of hydrogen-bond donors (Lipinski definition) is 1. The van der Waals surface area contributed by atoms with Crippen LogP contribution in [0.4, 0.5) is 5.13 Å². The molecular formula is C13H14BrN3O2S. The Balaban J connectivity index is 1.77. The van der Waals surface area contributed by atoms with E-state index in [2.05, 4.69) is 31.4 Å². The Labute approximate surface area is 129 Å². The van der Waals surface area contributed by atoms with E-state index in [1.165, 1.54) is 0 Å². The molecule has 1 N–H and O–H groups in total. The van der Waals surface area contributed by atoms with Crippen LogP contribution in [0.15, 0.2) is 16.6 Å². The summed E-state index contributed by atoms with van der Waals surface area (Å²) in [6.45, 7) is 3.98. The van der Waals surface area contributed by atoms with Crippen molar-refractivity contribution in [2.75, 3.05) is 18.5 Å². The minimum absolute atomic E-state index is 0.671. The molecule has 0 spiro atoms. The van der Waals surface area contributed by atoms with Gasteiger partial charge in [0.25, 0.3) is 0 Å². The van der Waals surface area contributed by atoms with E-state index in [0.29, 0.717) is 19.8 Å². The number of fused-ring (bicyclic) bond motifs is 1. The number of nitrogens with one attached hydrogen (secondary N) is 1. The van der Waals surface area contributed by atoms with Gasteiger partial charge in [-0.3, -0.25) is 0 Å². The molecule has 1 aliphatic heterocycles. The first-order chi connectivity index (χ1) is 9.72. The average Bonchev–Trinajstić information content (AvgIpc) is 2.70. The molecule has 0 saturated heterocycles. The summed E-state index contributed by atoms with van der Waals surface area (Å²) in [7, 11) is 0. The van der Waals surface area contributed by atoms with Crippen molar-refractivity contribution >= 4 is 32.4 Å². The van der Waals surface area contributed by atoms with E-state index >= 15 is 0 Å². The second-order valence-corrected chi connectivity index (χ2v) is 6.47. The van der Waals surface area contributed by atoms with Crippen LogP contribution in [0.2, 0.25) is 0 Å². The maximum Gasteiger partial charge on any atom is 0.205 e. The van der Waals surface area contributed by atoms with Crippen molar-refractivity contribution < 1.29 is 9.47 Å². The molecule has 7 heteroatoms. The molecule has 0 atom stereocenters. The normalized spacial score (nSPS) is 13.9. The molecule has 0 aliphatic carbocycles. The third-order valence-corrected chi connectivity index (χ3v) is 4.22. The van der Waals surface area contributed by atoms with Gasteiger partial charge < -0.3 is 14.8 Å². The van der Waals surface area contributed by atoms with Crippen molar-refractivity contribution in [3.05, 3.63) is 27.2 Å². The van der Waals surface area contributed by atoms with Crippen molar-refractivity contribution in [1.82, 2.24) is 10.2 Å². The number of nitrogens with zero attached hydrogens (tertiary/aromatic N) is 2. The summed E-state index contributed by atoms with van der Waals surface area (Å²) in [4.78, 5) is 0. The molecule has 106 valence electrons. The molecule has 0 bridgehead atoms. The van der Waals surface area contributed by atoms with E-state index in [1.807, 2.05) is 19.1 Å². The molecule has 3 rings (SSSR count). The van der Waals surface area contributed by atoms with Gasteiger partial charge in [0.05, 0.1) is 17.7 Å². The molecular weight excluding hydrogens is 342 g/mol. The third-order valence-electron chi connectivity index (χ3n) is 2.83. The van der Waals surface area contributed by atoms with Gasteiger partial charge in [0.1, 0.15) is 5.01 Å². The third kappa shape index (κ3) is 3.04. The maximum atomic E-state index is 5.72. The number of halogens is 1. The van der Waals surface area contributed by atoms with Gasteiger partial charge in [-0.1, -0.05) is 11.3 Å². The predicted octanol–water partition coefficient (Wildman–Crippen LogP) is 3.38. The highest BCUT2D eigenvalue weighted by Gasteiger charge is 2.15. The first-order valence-electron chi connectivity index (χ1n) is 6.34. The van der Waals surface area contributed by atoms with Crippen LogP contribution in [0.1, 0.15) is 17.0 Å². The van der Waals surface area contributed by atoms with E-state index < -0.39 is 0 Å². The van der Waals surface area contributed by atoms with Gasteiger partial charge >= 0.3 is 0 Å². The van der Waals surface area contributed by atoms with Gasteiger partial charge in [0, 0.05) is 13.0 Å². The highest BCUT2D eigenvalue weighted by molar-refractivity contribution is 9.10. The highest BCUT2D eigenvalue weighted by atomic mass is 79.9. The second-order valence-electron chi connectivity index (χ2n) is 4.44. The van der Waals surface area contributed by atoms with Gasteiger partial charge in [-0.15, -0.1) is 10.2 Å². The fourth-order valence-electron chi connectivity index (χ4n) is 1.93. The summed E-state index contributed by atoms with van der Waals surface area (Å²) in [5.41, 5.74) is 1.11. The first kappa shape index (κ1) is 13.6. The fourth-order valence-corrected chi connectivity index (χ4v) is 3.12. The molecule has 0 amide bonds. The lowest BCUT2D eigenvalue weighted by molar-refractivity contribution is 0.296. The molecule has 1 aliphatic rings. The predicted molar refractivity (Wildman–Crippen MR) is 81.7 cm³/mol. The molecule has 0 unspecified atom stereocenters. The number of ether oxygens (including phenoxy) is 2. The summed E-state index contributed by atoms with van der Waals surface area (Å²) < 4.78 is 12.3. The van der Waals surface area contributed by atoms with Crippen LogP contribution < -0.4 is 14.8 Å². The van der Waals surface area contributed by atoms with Gasteiger partial charge in [-0.2, -0.15) is 0 Å². The number of anilines is 1. The zero-order valence-corrected chi connectivity index (χ0v) is 13.4. The van der Waals surface area contributed by atoms with Gasteiger partial charge in [-0.05, 0) is 40.5 Å². The van der Waals surface area contributed by atoms with Gasteiger partial charge in [0.2, 0.25) is 5.13 Å². The minimum Gasteiger partial charge on any atom is -0.490 e. The monoisotopic (exact) mass is 355 g/mol. The Bertz CT molecular complexity index is 618. The molecule has 5 nitrogen and oxygen atoms in total. The van der Waals surface area contributed by atoms with Crippen molar-refractivity contribution in [3.8, 4) is 11.5 Å². The van der Waals surface area contributed by atoms with Crippen molar-refractivity contribution in [3.63, 3.8) is 0 Å². The number of rotatable bonds is 3. The van der Waals surface area contributed by atoms with Gasteiger partial charge in [0.15, 0.2) is 11.5 Å². The summed E-state index contributed by atoms with van der Waals surface area (Å²) in [5, 5.41) is 13.1. The lowest BCUT2D eigenvalue weighted by Crippen LogP contribution is -2.01. The largest absolute Gasteiger partial charge is 0.490 e. The molecule has 20 heavy (non-hydrogen) atoms. The van der Waals surface area contributed by atoms with E-state index in [-0.39, 0.29) is 0 Å². The van der Waals surface area contributed by atoms with Crippen LogP contribution >= 0.6 is 27.3 Å². The van der Waals surface area contributed by atoms with E-state index in [9.17, 15) is 0 Å². The Kier molecular flexibility index (Phi) is 4.07. The lowest BCUT2D eigenvalue weighted by atomic mass is 10.2. The van der Waals surface area contributed by atoms with Crippen molar-refractivity contribution in [2.45, 2.75) is 19.9 Å². The van der Waals surface area contributed by atoms with E-state index in [4.69, 9.17) is 9.47 Å². The van der Waals surface area contributed by atoms with Crippen LogP contribution in [0.5, 0.6) is 11.5 Å². The summed E-state index contributed by atoms with van der Waals surface area (Å²) >= 11 is 5.08. The quantitative estimate of drug-likeness (QED) is 0.914. The zero-order valence-electron chi connectivity index (χ0n) is 11.0. The Morgan fingerprint density at radius 2 is 2.15 bits per heavy atom. The van der Waals surface area contributed by atoms with Crippen molar-refractivity contribution in [1.29, 1.82) is 0 Å². The second kappa shape index (κ2) is 5.97. The summed E-state index contributed by atoms with van der Waals surface area (Å²) in [5.74, 6) is 1.58. The number of aryl methyl sites for hydroxylation is 1. The molecule has 0 fully saturated rings. The standard InChI is InChI=1S/C13H14BrN3O2S/c1-8-16-17-13(20-8)15-7-9-5-10(14)12-11(6-9)18-3-2-4-19-12/h5-6H,2-4,7H2,1H3,(H,15,17).